The van der Waals surface area contributed by atoms with Gasteiger partial charge in [0.15, 0.2) is 0 Å². The third-order valence-corrected chi connectivity index (χ3v) is 4.04. The molecule has 0 spiro atoms. The van der Waals surface area contributed by atoms with Crippen LogP contribution >= 0.6 is 11.6 Å². The van der Waals surface area contributed by atoms with Crippen LogP contribution in [-0.2, 0) is 9.59 Å². The normalized spacial score (nSPS) is 14.1. The Kier molecular flexibility index (Phi) is 4.63. The smallest absolute Gasteiger partial charge is 0.283 e. The van der Waals surface area contributed by atoms with Crippen LogP contribution in [0.2, 0.25) is 0 Å². The largest absolute Gasteiger partial charge is 0.497 e. The van der Waals surface area contributed by atoms with Gasteiger partial charge >= 0.3 is 0 Å². The van der Waals surface area contributed by atoms with Crippen molar-refractivity contribution in [1.29, 1.82) is 0 Å². The average molecular weight is 359 g/mol. The van der Waals surface area contributed by atoms with E-state index in [1.54, 1.807) is 55.6 Å². The van der Waals surface area contributed by atoms with Gasteiger partial charge in [0.05, 0.1) is 19.9 Å². The van der Waals surface area contributed by atoms with Crippen LogP contribution in [-0.4, -0.2) is 26.0 Å². The topological polar surface area (TPSA) is 67.9 Å². The molecule has 1 aliphatic heterocycles. The zero-order valence-electron chi connectivity index (χ0n) is 13.6. The van der Waals surface area contributed by atoms with Gasteiger partial charge in [-0.05, 0) is 24.3 Å². The molecule has 0 aromatic heterocycles. The SMILES string of the molecule is COc1cccc(NC2=C(Cl)C(=O)N(c3ccccc3OC)C2=O)c1. The summed E-state index contributed by atoms with van der Waals surface area (Å²) in [4.78, 5) is 26.3. The molecule has 0 aliphatic carbocycles. The van der Waals surface area contributed by atoms with E-state index in [2.05, 4.69) is 5.32 Å². The fraction of sp³-hybridized carbons (Fsp3) is 0.111. The van der Waals surface area contributed by atoms with Crippen molar-refractivity contribution < 1.29 is 19.1 Å². The predicted octanol–water partition coefficient (Wildman–Crippen LogP) is 3.14. The Labute approximate surface area is 149 Å². The number of para-hydroxylation sites is 2. The third-order valence-electron chi connectivity index (χ3n) is 3.69. The number of carbonyl (C=O) groups is 2. The number of methoxy groups -OCH3 is 2. The summed E-state index contributed by atoms with van der Waals surface area (Å²) in [6.45, 7) is 0. The highest BCUT2D eigenvalue weighted by Crippen LogP contribution is 2.35. The van der Waals surface area contributed by atoms with Gasteiger partial charge < -0.3 is 14.8 Å². The Morgan fingerprint density at radius 1 is 0.960 bits per heavy atom. The minimum Gasteiger partial charge on any atom is -0.497 e. The zero-order valence-corrected chi connectivity index (χ0v) is 14.3. The lowest BCUT2D eigenvalue weighted by Gasteiger charge is -2.17. The summed E-state index contributed by atoms with van der Waals surface area (Å²) in [5.41, 5.74) is 0.918. The molecule has 0 saturated carbocycles. The highest BCUT2D eigenvalue weighted by Gasteiger charge is 2.40. The van der Waals surface area contributed by atoms with Gasteiger partial charge in [-0.1, -0.05) is 29.8 Å². The molecule has 2 amide bonds. The van der Waals surface area contributed by atoms with Gasteiger partial charge in [-0.15, -0.1) is 0 Å². The minimum absolute atomic E-state index is 0.00539. The van der Waals surface area contributed by atoms with Crippen molar-refractivity contribution >= 4 is 34.8 Å². The number of nitrogens with zero attached hydrogens (tertiary/aromatic N) is 1. The molecule has 0 fully saturated rings. The number of hydrogen-bond acceptors (Lipinski definition) is 5. The van der Waals surface area contributed by atoms with Gasteiger partial charge in [0.1, 0.15) is 22.2 Å². The molecular formula is C18H15ClN2O4. The molecule has 1 N–H and O–H groups in total. The predicted molar refractivity (Wildman–Crippen MR) is 95.0 cm³/mol. The van der Waals surface area contributed by atoms with Crippen LogP contribution in [0.15, 0.2) is 59.3 Å². The fourth-order valence-electron chi connectivity index (χ4n) is 2.49. The van der Waals surface area contributed by atoms with Crippen LogP contribution in [0.4, 0.5) is 11.4 Å². The zero-order chi connectivity index (χ0) is 18.0. The Morgan fingerprint density at radius 2 is 1.72 bits per heavy atom. The second-order valence-corrected chi connectivity index (χ2v) is 5.54. The number of ether oxygens (including phenoxy) is 2. The van der Waals surface area contributed by atoms with Gasteiger partial charge in [-0.25, -0.2) is 4.90 Å². The van der Waals surface area contributed by atoms with E-state index in [9.17, 15) is 9.59 Å². The van der Waals surface area contributed by atoms with Crippen LogP contribution in [0.25, 0.3) is 0 Å². The molecular weight excluding hydrogens is 344 g/mol. The first-order valence-corrected chi connectivity index (χ1v) is 7.77. The molecule has 7 heteroatoms. The Morgan fingerprint density at radius 3 is 2.44 bits per heavy atom. The van der Waals surface area contributed by atoms with Crippen molar-refractivity contribution in [3.05, 3.63) is 59.3 Å². The Balaban J connectivity index is 1.94. The highest BCUT2D eigenvalue weighted by molar-refractivity contribution is 6.53. The van der Waals surface area contributed by atoms with Crippen molar-refractivity contribution in [3.63, 3.8) is 0 Å². The monoisotopic (exact) mass is 358 g/mol. The molecule has 0 atom stereocenters. The molecule has 2 aromatic carbocycles. The number of imide groups is 1. The van der Waals surface area contributed by atoms with E-state index in [1.165, 1.54) is 7.11 Å². The quantitative estimate of drug-likeness (QED) is 0.832. The summed E-state index contributed by atoms with van der Waals surface area (Å²) in [5.74, 6) is -0.153. The number of benzene rings is 2. The summed E-state index contributed by atoms with van der Waals surface area (Å²) < 4.78 is 10.4. The van der Waals surface area contributed by atoms with Crippen molar-refractivity contribution in [2.75, 3.05) is 24.4 Å². The second-order valence-electron chi connectivity index (χ2n) is 5.16. The van der Waals surface area contributed by atoms with Crippen LogP contribution in [0.5, 0.6) is 11.5 Å². The summed E-state index contributed by atoms with van der Waals surface area (Å²) in [6.07, 6.45) is 0. The summed E-state index contributed by atoms with van der Waals surface area (Å²) in [6, 6.07) is 13.7. The maximum atomic E-state index is 12.8. The van der Waals surface area contributed by atoms with Gasteiger partial charge in [0, 0.05) is 11.8 Å². The molecule has 0 radical (unpaired) electrons. The second kappa shape index (κ2) is 6.86. The number of nitrogens with one attached hydrogen (secondary N) is 1. The van der Waals surface area contributed by atoms with Crippen LogP contribution in [0.1, 0.15) is 0 Å². The Bertz CT molecular complexity index is 879. The minimum atomic E-state index is -0.610. The molecule has 25 heavy (non-hydrogen) atoms. The van der Waals surface area contributed by atoms with Gasteiger partial charge in [0.25, 0.3) is 11.8 Å². The van der Waals surface area contributed by atoms with E-state index in [1.807, 2.05) is 0 Å². The van der Waals surface area contributed by atoms with E-state index < -0.39 is 11.8 Å². The summed E-state index contributed by atoms with van der Waals surface area (Å²) >= 11 is 6.12. The van der Waals surface area contributed by atoms with E-state index in [0.29, 0.717) is 22.9 Å². The number of amides is 2. The van der Waals surface area contributed by atoms with Gasteiger partial charge in [-0.2, -0.15) is 0 Å². The van der Waals surface area contributed by atoms with Crippen molar-refractivity contribution in [1.82, 2.24) is 0 Å². The summed E-state index contributed by atoms with van der Waals surface area (Å²) in [7, 11) is 3.01. The molecule has 6 nitrogen and oxygen atoms in total. The number of anilines is 2. The first-order chi connectivity index (χ1) is 12.1. The maximum Gasteiger partial charge on any atom is 0.283 e. The standard InChI is InChI=1S/C18H15ClN2O4/c1-24-12-7-5-6-11(10-12)20-16-15(19)17(22)21(18(16)23)13-8-3-4-9-14(13)25-2/h3-10,20H,1-2H3. The van der Waals surface area contributed by atoms with Crippen LogP contribution in [0, 0.1) is 0 Å². The third kappa shape index (κ3) is 3.04. The number of carbonyl (C=O) groups excluding carboxylic acids is 2. The lowest BCUT2D eigenvalue weighted by molar-refractivity contribution is -0.120. The highest BCUT2D eigenvalue weighted by atomic mass is 35.5. The maximum absolute atomic E-state index is 12.8. The molecule has 0 unspecified atom stereocenters. The van der Waals surface area contributed by atoms with E-state index >= 15 is 0 Å². The number of rotatable bonds is 5. The molecule has 1 heterocycles. The lowest BCUT2D eigenvalue weighted by atomic mass is 10.2. The van der Waals surface area contributed by atoms with Crippen molar-refractivity contribution in [3.8, 4) is 11.5 Å². The molecule has 3 rings (SSSR count). The van der Waals surface area contributed by atoms with Crippen molar-refractivity contribution in [2.45, 2.75) is 0 Å². The van der Waals surface area contributed by atoms with E-state index in [-0.39, 0.29) is 10.7 Å². The molecule has 1 aliphatic rings. The van der Waals surface area contributed by atoms with Crippen molar-refractivity contribution in [2.24, 2.45) is 0 Å². The number of hydrogen-bond donors (Lipinski definition) is 1. The first-order valence-electron chi connectivity index (χ1n) is 7.39. The fourth-order valence-corrected chi connectivity index (χ4v) is 2.70. The van der Waals surface area contributed by atoms with Crippen LogP contribution < -0.4 is 19.7 Å². The summed E-state index contributed by atoms with van der Waals surface area (Å²) in [5, 5.41) is 2.72. The van der Waals surface area contributed by atoms with Gasteiger partial charge in [0.2, 0.25) is 0 Å². The van der Waals surface area contributed by atoms with Gasteiger partial charge in [-0.3, -0.25) is 9.59 Å². The molecule has 0 saturated heterocycles. The molecule has 128 valence electrons. The lowest BCUT2D eigenvalue weighted by Crippen LogP contribution is -2.32. The van der Waals surface area contributed by atoms with Crippen LogP contribution in [0.3, 0.4) is 0 Å². The molecule has 2 aromatic rings. The molecule has 0 bridgehead atoms. The Hall–Kier alpha value is -2.99. The number of halogens is 1. The average Bonchev–Trinajstić information content (AvgIpc) is 2.85. The van der Waals surface area contributed by atoms with E-state index in [4.69, 9.17) is 21.1 Å². The van der Waals surface area contributed by atoms with E-state index in [0.717, 1.165) is 4.90 Å². The first kappa shape index (κ1) is 16.9.